The van der Waals surface area contributed by atoms with E-state index in [-0.39, 0.29) is 18.5 Å². The fraction of sp³-hybridized carbons (Fsp3) is 0.750. The van der Waals surface area contributed by atoms with Gasteiger partial charge >= 0.3 is 5.97 Å². The summed E-state index contributed by atoms with van der Waals surface area (Å²) in [6, 6.07) is -0.0467. The lowest BCUT2D eigenvalue weighted by Gasteiger charge is -2.41. The summed E-state index contributed by atoms with van der Waals surface area (Å²) >= 11 is 0. The Balaban J connectivity index is 4.75. The van der Waals surface area contributed by atoms with Gasteiger partial charge in [0.15, 0.2) is 0 Å². The van der Waals surface area contributed by atoms with Gasteiger partial charge in [-0.15, -0.1) is 0 Å². The van der Waals surface area contributed by atoms with Gasteiger partial charge in [0, 0.05) is 12.5 Å². The molecule has 1 N–H and O–H groups in total. The van der Waals surface area contributed by atoms with Crippen molar-refractivity contribution < 1.29 is 27.0 Å². The predicted molar refractivity (Wildman–Crippen MR) is 73.0 cm³/mol. The molecule has 0 aromatic rings. The van der Waals surface area contributed by atoms with Crippen LogP contribution < -0.4 is 0 Å². The minimum atomic E-state index is -3.97. The van der Waals surface area contributed by atoms with E-state index in [2.05, 4.69) is 6.58 Å². The van der Waals surface area contributed by atoms with Crippen molar-refractivity contribution >= 4 is 16.1 Å². The van der Waals surface area contributed by atoms with Crippen molar-refractivity contribution in [3.05, 3.63) is 12.7 Å². The zero-order chi connectivity index (χ0) is 15.1. The number of ether oxygens (including phenoxy) is 1. The number of carbonyl (C=O) groups excluding carboxylic acids is 1. The van der Waals surface area contributed by atoms with Crippen LogP contribution in [0, 0.1) is 0 Å². The molecule has 0 aliphatic carbocycles. The Labute approximate surface area is 115 Å². The van der Waals surface area contributed by atoms with E-state index in [1.807, 2.05) is 20.8 Å². The molecule has 0 aromatic heterocycles. The first-order valence-corrected chi connectivity index (χ1v) is 7.91. The number of quaternary nitrogens is 1. The molecule has 0 aromatic carbocycles. The Kier molecular flexibility index (Phi) is 7.25. The maximum Gasteiger partial charge on any atom is 0.334 e. The Bertz CT molecular complexity index is 400. The lowest BCUT2D eigenvalue weighted by molar-refractivity contribution is -0.961. The molecular weight excluding hydrogens is 270 g/mol. The monoisotopic (exact) mass is 294 g/mol. The number of esters is 1. The number of nitrogens with zero attached hydrogens (tertiary/aromatic N) is 1. The second kappa shape index (κ2) is 7.62. The predicted octanol–water partition coefficient (Wildman–Crippen LogP) is 1.20. The van der Waals surface area contributed by atoms with E-state index in [1.165, 1.54) is 0 Å². The molecule has 0 amide bonds. The van der Waals surface area contributed by atoms with Gasteiger partial charge in [-0.05, 0) is 20.8 Å². The summed E-state index contributed by atoms with van der Waals surface area (Å²) in [4.78, 5) is 11.1. The summed E-state index contributed by atoms with van der Waals surface area (Å²) in [6.07, 6.45) is 1.41. The normalized spacial score (nSPS) is 13.9. The van der Waals surface area contributed by atoms with Crippen molar-refractivity contribution in [2.45, 2.75) is 33.2 Å². The molecule has 19 heavy (non-hydrogen) atoms. The Morgan fingerprint density at radius 3 is 2.32 bits per heavy atom. The third-order valence-electron chi connectivity index (χ3n) is 3.62. The molecule has 6 nitrogen and oxygen atoms in total. The molecule has 0 aliphatic rings. The standard InChI is InChI=1S/C12H23NO5S/c1-5-12(14)18-10-13(6-2,7-3)11(4)8-9-19(15,16)17/h5,11H,1,6-10H2,2-4H3/p+1. The van der Waals surface area contributed by atoms with Gasteiger partial charge in [0.25, 0.3) is 10.1 Å². The number of rotatable bonds is 9. The van der Waals surface area contributed by atoms with Gasteiger partial charge in [-0.1, -0.05) is 6.58 Å². The van der Waals surface area contributed by atoms with Crippen LogP contribution in [-0.2, 0) is 19.6 Å². The highest BCUT2D eigenvalue weighted by molar-refractivity contribution is 7.85. The fourth-order valence-corrected chi connectivity index (χ4v) is 2.64. The van der Waals surface area contributed by atoms with E-state index in [0.29, 0.717) is 24.0 Å². The molecule has 0 saturated heterocycles. The maximum absolute atomic E-state index is 11.1. The second-order valence-corrected chi connectivity index (χ2v) is 6.14. The summed E-state index contributed by atoms with van der Waals surface area (Å²) in [5, 5.41) is 0. The van der Waals surface area contributed by atoms with Crippen LogP contribution in [0.3, 0.4) is 0 Å². The molecule has 0 bridgehead atoms. The van der Waals surface area contributed by atoms with Crippen molar-refractivity contribution in [2.75, 3.05) is 25.6 Å². The van der Waals surface area contributed by atoms with Crippen molar-refractivity contribution in [1.82, 2.24) is 0 Å². The first kappa shape index (κ1) is 18.1. The molecule has 112 valence electrons. The molecule has 0 saturated carbocycles. The van der Waals surface area contributed by atoms with Gasteiger partial charge in [0.2, 0.25) is 6.73 Å². The molecule has 1 atom stereocenters. The van der Waals surface area contributed by atoms with Gasteiger partial charge in [-0.3, -0.25) is 9.04 Å². The van der Waals surface area contributed by atoms with Crippen molar-refractivity contribution in [3.8, 4) is 0 Å². The van der Waals surface area contributed by atoms with Gasteiger partial charge in [0.05, 0.1) is 24.9 Å². The Morgan fingerprint density at radius 2 is 1.95 bits per heavy atom. The molecule has 1 unspecified atom stereocenters. The van der Waals surface area contributed by atoms with Crippen LogP contribution in [-0.4, -0.2) is 55.0 Å². The van der Waals surface area contributed by atoms with E-state index >= 15 is 0 Å². The molecule has 0 radical (unpaired) electrons. The van der Waals surface area contributed by atoms with E-state index in [9.17, 15) is 13.2 Å². The summed E-state index contributed by atoms with van der Waals surface area (Å²) in [6.45, 7) is 10.7. The van der Waals surface area contributed by atoms with Gasteiger partial charge < -0.3 is 4.74 Å². The quantitative estimate of drug-likeness (QED) is 0.227. The van der Waals surface area contributed by atoms with Crippen LogP contribution >= 0.6 is 0 Å². The highest BCUT2D eigenvalue weighted by Crippen LogP contribution is 2.17. The zero-order valence-electron chi connectivity index (χ0n) is 11.8. The number of carbonyl (C=O) groups is 1. The second-order valence-electron chi connectivity index (χ2n) is 4.57. The molecule has 0 rings (SSSR count). The zero-order valence-corrected chi connectivity index (χ0v) is 12.6. The molecule has 0 spiro atoms. The molecule has 0 heterocycles. The summed E-state index contributed by atoms with van der Waals surface area (Å²) in [5.74, 6) is -0.782. The SMILES string of the molecule is C=CC(=O)OC[N+](CC)(CC)C(C)CCS(=O)(=O)O. The van der Waals surface area contributed by atoms with Crippen LogP contribution in [0.5, 0.6) is 0 Å². The molecular formula is C12H24NO5S+. The summed E-state index contributed by atoms with van der Waals surface area (Å²) in [5.41, 5.74) is 0. The average Bonchev–Trinajstić information content (AvgIpc) is 2.36. The molecule has 0 fully saturated rings. The number of hydrogen-bond acceptors (Lipinski definition) is 4. The van der Waals surface area contributed by atoms with Crippen LogP contribution in [0.2, 0.25) is 0 Å². The van der Waals surface area contributed by atoms with Crippen molar-refractivity contribution in [1.29, 1.82) is 0 Å². The average molecular weight is 294 g/mol. The number of hydrogen-bond donors (Lipinski definition) is 1. The van der Waals surface area contributed by atoms with Crippen LogP contribution in [0.25, 0.3) is 0 Å². The minimum absolute atomic E-state index is 0.0467. The van der Waals surface area contributed by atoms with Gasteiger partial charge in [0.1, 0.15) is 0 Å². The van der Waals surface area contributed by atoms with Crippen molar-refractivity contribution in [3.63, 3.8) is 0 Å². The lowest BCUT2D eigenvalue weighted by atomic mass is 10.1. The van der Waals surface area contributed by atoms with Gasteiger partial charge in [-0.2, -0.15) is 8.42 Å². The van der Waals surface area contributed by atoms with E-state index in [4.69, 9.17) is 9.29 Å². The first-order chi connectivity index (χ1) is 8.70. The highest BCUT2D eigenvalue weighted by atomic mass is 32.2. The molecule has 7 heteroatoms. The van der Waals surface area contributed by atoms with Crippen LogP contribution in [0.4, 0.5) is 0 Å². The third-order valence-corrected chi connectivity index (χ3v) is 4.37. The van der Waals surface area contributed by atoms with Gasteiger partial charge in [-0.25, -0.2) is 4.79 Å². The Hall–Kier alpha value is -0.920. The highest BCUT2D eigenvalue weighted by Gasteiger charge is 2.32. The van der Waals surface area contributed by atoms with E-state index in [0.717, 1.165) is 6.08 Å². The van der Waals surface area contributed by atoms with E-state index in [1.54, 1.807) is 0 Å². The Morgan fingerprint density at radius 1 is 1.42 bits per heavy atom. The van der Waals surface area contributed by atoms with Crippen LogP contribution in [0.15, 0.2) is 12.7 Å². The topological polar surface area (TPSA) is 80.7 Å². The van der Waals surface area contributed by atoms with Crippen molar-refractivity contribution in [2.24, 2.45) is 0 Å². The first-order valence-electron chi connectivity index (χ1n) is 6.31. The van der Waals surface area contributed by atoms with Crippen LogP contribution in [0.1, 0.15) is 27.2 Å². The third kappa shape index (κ3) is 6.17. The summed E-state index contributed by atoms with van der Waals surface area (Å²) < 4.78 is 36.0. The molecule has 0 aliphatic heterocycles. The lowest BCUT2D eigenvalue weighted by Crippen LogP contribution is -2.56. The largest absolute Gasteiger partial charge is 0.412 e. The van der Waals surface area contributed by atoms with E-state index < -0.39 is 16.1 Å². The maximum atomic E-state index is 11.1. The fourth-order valence-electron chi connectivity index (χ4n) is 2.00. The summed E-state index contributed by atoms with van der Waals surface area (Å²) in [7, 11) is -3.97. The smallest absolute Gasteiger partial charge is 0.334 e. The minimum Gasteiger partial charge on any atom is -0.412 e.